The minimum Gasteiger partial charge on any atom is -0.352 e. The van der Waals surface area contributed by atoms with Gasteiger partial charge in [0.05, 0.1) is 10.6 Å². The van der Waals surface area contributed by atoms with Gasteiger partial charge < -0.3 is 5.32 Å². The fourth-order valence-corrected chi connectivity index (χ4v) is 2.19. The van der Waals surface area contributed by atoms with Gasteiger partial charge in [-0.3, -0.25) is 4.79 Å². The topological polar surface area (TPSA) is 42.0 Å². The summed E-state index contributed by atoms with van der Waals surface area (Å²) in [6, 6.07) is 4.13. The predicted octanol–water partition coefficient (Wildman–Crippen LogP) is 3.13. The molecule has 0 saturated heterocycles. The van der Waals surface area contributed by atoms with Crippen LogP contribution in [0.3, 0.4) is 0 Å². The smallest absolute Gasteiger partial charge is 0.352 e. The Bertz CT molecular complexity index is 564. The fourth-order valence-electron chi connectivity index (χ4n) is 1.57. The van der Waals surface area contributed by atoms with Gasteiger partial charge in [0.1, 0.15) is 0 Å². The predicted molar refractivity (Wildman–Crippen MR) is 69.6 cm³/mol. The summed E-state index contributed by atoms with van der Waals surface area (Å²) in [7, 11) is 0. The third-order valence-electron chi connectivity index (χ3n) is 2.58. The average Bonchev–Trinajstić information content (AvgIpc) is 2.91. The number of benzene rings is 1. The van der Waals surface area contributed by atoms with Crippen LogP contribution in [0.5, 0.6) is 0 Å². The Balaban J connectivity index is 1.89. The number of hydrogen-bond donors (Lipinski definition) is 1. The number of alkyl halides is 3. The standard InChI is InChI=1S/C13H11F3N2OS/c14-13(15,16)10-3-1-9(2-4-10)12(19)18-6-5-11-17-7-8-20-11/h1-4,7-8H,5-6H2,(H,18,19). The molecule has 0 spiro atoms. The number of rotatable bonds is 4. The Morgan fingerprint density at radius 1 is 1.25 bits per heavy atom. The highest BCUT2D eigenvalue weighted by Crippen LogP contribution is 2.29. The minimum absolute atomic E-state index is 0.206. The van der Waals surface area contributed by atoms with Gasteiger partial charge in [0.25, 0.3) is 5.91 Å². The molecular formula is C13H11F3N2OS. The van der Waals surface area contributed by atoms with Crippen LogP contribution in [0.2, 0.25) is 0 Å². The number of nitrogens with one attached hydrogen (secondary N) is 1. The van der Waals surface area contributed by atoms with E-state index in [4.69, 9.17) is 0 Å². The van der Waals surface area contributed by atoms with Crippen LogP contribution in [0, 0.1) is 0 Å². The maximum atomic E-state index is 12.4. The van der Waals surface area contributed by atoms with Crippen LogP contribution in [-0.2, 0) is 12.6 Å². The van der Waals surface area contributed by atoms with Crippen LogP contribution in [-0.4, -0.2) is 17.4 Å². The first-order valence-corrected chi connectivity index (χ1v) is 6.68. The Hall–Kier alpha value is -1.89. The van der Waals surface area contributed by atoms with Gasteiger partial charge in [-0.05, 0) is 24.3 Å². The minimum atomic E-state index is -4.39. The lowest BCUT2D eigenvalue weighted by Gasteiger charge is -2.08. The van der Waals surface area contributed by atoms with Crippen molar-refractivity contribution in [1.82, 2.24) is 10.3 Å². The molecule has 0 saturated carbocycles. The lowest BCUT2D eigenvalue weighted by atomic mass is 10.1. The summed E-state index contributed by atoms with van der Waals surface area (Å²) >= 11 is 1.49. The summed E-state index contributed by atoms with van der Waals surface area (Å²) in [4.78, 5) is 15.8. The molecule has 20 heavy (non-hydrogen) atoms. The highest BCUT2D eigenvalue weighted by Gasteiger charge is 2.30. The molecule has 1 heterocycles. The lowest BCUT2D eigenvalue weighted by molar-refractivity contribution is -0.137. The van der Waals surface area contributed by atoms with Gasteiger partial charge in [0, 0.05) is 30.1 Å². The number of halogens is 3. The highest BCUT2D eigenvalue weighted by atomic mass is 32.1. The number of hydrogen-bond acceptors (Lipinski definition) is 3. The molecular weight excluding hydrogens is 289 g/mol. The van der Waals surface area contributed by atoms with Crippen molar-refractivity contribution in [3.63, 3.8) is 0 Å². The van der Waals surface area contributed by atoms with E-state index in [9.17, 15) is 18.0 Å². The van der Waals surface area contributed by atoms with E-state index in [0.29, 0.717) is 13.0 Å². The molecule has 0 atom stereocenters. The van der Waals surface area contributed by atoms with E-state index in [1.165, 1.54) is 23.5 Å². The second-order valence-electron chi connectivity index (χ2n) is 4.01. The van der Waals surface area contributed by atoms with Gasteiger partial charge in [-0.25, -0.2) is 4.98 Å². The molecule has 0 aliphatic carbocycles. The average molecular weight is 300 g/mol. The van der Waals surface area contributed by atoms with Crippen molar-refractivity contribution in [2.24, 2.45) is 0 Å². The van der Waals surface area contributed by atoms with Crippen LogP contribution < -0.4 is 5.32 Å². The molecule has 7 heteroatoms. The number of carbonyl (C=O) groups excluding carboxylic acids is 1. The quantitative estimate of drug-likeness (QED) is 0.942. The first-order valence-electron chi connectivity index (χ1n) is 5.80. The van der Waals surface area contributed by atoms with Crippen LogP contribution in [0.15, 0.2) is 35.8 Å². The molecule has 3 nitrogen and oxygen atoms in total. The van der Waals surface area contributed by atoms with Crippen molar-refractivity contribution in [1.29, 1.82) is 0 Å². The Morgan fingerprint density at radius 3 is 2.50 bits per heavy atom. The Kier molecular flexibility index (Phi) is 4.39. The van der Waals surface area contributed by atoms with Crippen LogP contribution >= 0.6 is 11.3 Å². The molecule has 0 fully saturated rings. The van der Waals surface area contributed by atoms with Gasteiger partial charge in [0.2, 0.25) is 0 Å². The van der Waals surface area contributed by atoms with Gasteiger partial charge >= 0.3 is 6.18 Å². The van der Waals surface area contributed by atoms with E-state index in [1.807, 2.05) is 5.38 Å². The summed E-state index contributed by atoms with van der Waals surface area (Å²) in [6.07, 6.45) is -2.11. The number of thiazole rings is 1. The third-order valence-corrected chi connectivity index (χ3v) is 3.42. The molecule has 106 valence electrons. The Morgan fingerprint density at radius 2 is 1.95 bits per heavy atom. The number of amides is 1. The van der Waals surface area contributed by atoms with E-state index in [2.05, 4.69) is 10.3 Å². The van der Waals surface area contributed by atoms with Crippen molar-refractivity contribution >= 4 is 17.2 Å². The van der Waals surface area contributed by atoms with Crippen molar-refractivity contribution in [2.45, 2.75) is 12.6 Å². The zero-order valence-electron chi connectivity index (χ0n) is 10.3. The van der Waals surface area contributed by atoms with Gasteiger partial charge in [-0.2, -0.15) is 13.2 Å². The molecule has 0 unspecified atom stereocenters. The van der Waals surface area contributed by atoms with Crippen LogP contribution in [0.25, 0.3) is 0 Å². The Labute approximate surface area is 117 Å². The first kappa shape index (κ1) is 14.5. The molecule has 2 aromatic rings. The van der Waals surface area contributed by atoms with E-state index in [-0.39, 0.29) is 5.56 Å². The van der Waals surface area contributed by atoms with Crippen molar-refractivity contribution in [2.75, 3.05) is 6.54 Å². The van der Waals surface area contributed by atoms with Gasteiger partial charge in [0.15, 0.2) is 0 Å². The maximum Gasteiger partial charge on any atom is 0.416 e. The largest absolute Gasteiger partial charge is 0.416 e. The zero-order valence-corrected chi connectivity index (χ0v) is 11.1. The molecule has 1 N–H and O–H groups in total. The van der Waals surface area contributed by atoms with E-state index < -0.39 is 17.6 Å². The molecule has 1 amide bonds. The summed E-state index contributed by atoms with van der Waals surface area (Å²) in [5, 5.41) is 5.38. The number of carbonyl (C=O) groups is 1. The van der Waals surface area contributed by atoms with Gasteiger partial charge in [-0.15, -0.1) is 11.3 Å². The molecule has 0 aliphatic heterocycles. The molecule has 0 radical (unpaired) electrons. The van der Waals surface area contributed by atoms with Crippen molar-refractivity contribution < 1.29 is 18.0 Å². The summed E-state index contributed by atoms with van der Waals surface area (Å²) in [5.41, 5.74) is -0.561. The van der Waals surface area contributed by atoms with E-state index in [0.717, 1.165) is 17.1 Å². The molecule has 0 aliphatic rings. The lowest BCUT2D eigenvalue weighted by Crippen LogP contribution is -2.25. The zero-order chi connectivity index (χ0) is 14.6. The van der Waals surface area contributed by atoms with Crippen LogP contribution in [0.1, 0.15) is 20.9 Å². The SMILES string of the molecule is O=C(NCCc1nccs1)c1ccc(C(F)(F)F)cc1. The maximum absolute atomic E-state index is 12.4. The van der Waals surface area contributed by atoms with Crippen LogP contribution in [0.4, 0.5) is 13.2 Å². The second-order valence-corrected chi connectivity index (χ2v) is 4.99. The summed E-state index contributed by atoms with van der Waals surface area (Å²) in [6.45, 7) is 0.396. The number of nitrogens with zero attached hydrogens (tertiary/aromatic N) is 1. The second kappa shape index (κ2) is 6.04. The summed E-state index contributed by atoms with van der Waals surface area (Å²) < 4.78 is 37.1. The normalized spacial score (nSPS) is 11.3. The van der Waals surface area contributed by atoms with Crippen molar-refractivity contribution in [3.8, 4) is 0 Å². The third kappa shape index (κ3) is 3.80. The van der Waals surface area contributed by atoms with Gasteiger partial charge in [-0.1, -0.05) is 0 Å². The monoisotopic (exact) mass is 300 g/mol. The highest BCUT2D eigenvalue weighted by molar-refractivity contribution is 7.09. The molecule has 1 aromatic carbocycles. The van der Waals surface area contributed by atoms with E-state index >= 15 is 0 Å². The first-order chi connectivity index (χ1) is 9.47. The number of aromatic nitrogens is 1. The molecule has 0 bridgehead atoms. The fraction of sp³-hybridized carbons (Fsp3) is 0.231. The molecule has 2 rings (SSSR count). The van der Waals surface area contributed by atoms with Crippen molar-refractivity contribution in [3.05, 3.63) is 52.0 Å². The van der Waals surface area contributed by atoms with E-state index in [1.54, 1.807) is 6.20 Å². The molecule has 1 aromatic heterocycles. The summed E-state index contributed by atoms with van der Waals surface area (Å²) in [5.74, 6) is -0.393.